The Labute approximate surface area is 122 Å². The minimum absolute atomic E-state index is 0.0578. The highest BCUT2D eigenvalue weighted by Crippen LogP contribution is 2.40. The molecule has 0 spiro atoms. The van der Waals surface area contributed by atoms with E-state index in [9.17, 15) is 9.59 Å². The monoisotopic (exact) mass is 291 g/mol. The van der Waals surface area contributed by atoms with Crippen LogP contribution in [0.1, 0.15) is 24.3 Å². The number of thioether (sulfide) groups is 1. The first kappa shape index (κ1) is 13.5. The lowest BCUT2D eigenvalue weighted by atomic mass is 9.94. The van der Waals surface area contributed by atoms with Crippen molar-refractivity contribution >= 4 is 23.6 Å². The molecule has 2 aliphatic rings. The van der Waals surface area contributed by atoms with Crippen molar-refractivity contribution in [2.24, 2.45) is 5.92 Å². The van der Waals surface area contributed by atoms with Gasteiger partial charge in [0.2, 0.25) is 5.91 Å². The number of amides is 1. The number of hydrogen-bond donors (Lipinski definition) is 1. The van der Waals surface area contributed by atoms with E-state index in [-0.39, 0.29) is 17.7 Å². The summed E-state index contributed by atoms with van der Waals surface area (Å²) >= 11 is 1.73. The smallest absolute Gasteiger partial charge is 0.306 e. The molecule has 20 heavy (non-hydrogen) atoms. The highest BCUT2D eigenvalue weighted by molar-refractivity contribution is 7.99. The zero-order valence-corrected chi connectivity index (χ0v) is 11.9. The molecular formula is C15H17NO3S. The first-order valence-electron chi connectivity index (χ1n) is 6.90. The average Bonchev–Trinajstić information content (AvgIpc) is 2.90. The quantitative estimate of drug-likeness (QED) is 0.907. The molecule has 1 fully saturated rings. The molecule has 2 aliphatic heterocycles. The summed E-state index contributed by atoms with van der Waals surface area (Å²) < 4.78 is 0. The van der Waals surface area contributed by atoms with Crippen molar-refractivity contribution in [1.82, 2.24) is 4.90 Å². The Hall–Kier alpha value is -1.49. The molecule has 106 valence electrons. The molecule has 0 unspecified atom stereocenters. The minimum Gasteiger partial charge on any atom is -0.481 e. The summed E-state index contributed by atoms with van der Waals surface area (Å²) in [4.78, 5) is 26.6. The molecule has 2 heterocycles. The van der Waals surface area contributed by atoms with Crippen molar-refractivity contribution in [2.75, 3.05) is 18.8 Å². The second-order valence-corrected chi connectivity index (χ2v) is 6.40. The number of fused-ring (bicyclic) bond motifs is 1. The molecule has 0 radical (unpaired) electrons. The SMILES string of the molecule is O=C(O)C1CCN(C(=O)[C@@H]2CSc3ccccc32)CC1. The second kappa shape index (κ2) is 5.48. The summed E-state index contributed by atoms with van der Waals surface area (Å²) in [7, 11) is 0. The van der Waals surface area contributed by atoms with Gasteiger partial charge in [-0.2, -0.15) is 0 Å². The third kappa shape index (κ3) is 2.42. The van der Waals surface area contributed by atoms with Crippen LogP contribution in [0, 0.1) is 5.92 Å². The molecule has 1 N–H and O–H groups in total. The van der Waals surface area contributed by atoms with Crippen LogP contribution in [0.5, 0.6) is 0 Å². The van der Waals surface area contributed by atoms with Crippen molar-refractivity contribution < 1.29 is 14.7 Å². The molecule has 3 rings (SSSR count). The van der Waals surface area contributed by atoms with Crippen LogP contribution in [0.15, 0.2) is 29.2 Å². The molecular weight excluding hydrogens is 274 g/mol. The first-order chi connectivity index (χ1) is 9.66. The van der Waals surface area contributed by atoms with E-state index in [2.05, 4.69) is 6.07 Å². The van der Waals surface area contributed by atoms with Gasteiger partial charge in [0, 0.05) is 23.7 Å². The van der Waals surface area contributed by atoms with E-state index >= 15 is 0 Å². The zero-order chi connectivity index (χ0) is 14.1. The highest BCUT2D eigenvalue weighted by atomic mass is 32.2. The van der Waals surface area contributed by atoms with Crippen molar-refractivity contribution in [3.05, 3.63) is 29.8 Å². The summed E-state index contributed by atoms with van der Waals surface area (Å²) in [5.74, 6) is -0.121. The molecule has 4 nitrogen and oxygen atoms in total. The molecule has 0 bridgehead atoms. The van der Waals surface area contributed by atoms with Crippen LogP contribution in [0.2, 0.25) is 0 Å². The summed E-state index contributed by atoms with van der Waals surface area (Å²) in [5.41, 5.74) is 1.13. The fourth-order valence-corrected chi connectivity index (χ4v) is 4.15. The molecule has 1 atom stereocenters. The van der Waals surface area contributed by atoms with E-state index in [4.69, 9.17) is 5.11 Å². The summed E-state index contributed by atoms with van der Waals surface area (Å²) in [6, 6.07) is 8.06. The van der Waals surface area contributed by atoms with Gasteiger partial charge in [-0.3, -0.25) is 9.59 Å². The van der Waals surface area contributed by atoms with Crippen LogP contribution in [0.3, 0.4) is 0 Å². The number of rotatable bonds is 2. The lowest BCUT2D eigenvalue weighted by molar-refractivity contribution is -0.145. The van der Waals surface area contributed by atoms with Gasteiger partial charge in [0.15, 0.2) is 0 Å². The Morgan fingerprint density at radius 2 is 1.90 bits per heavy atom. The maximum absolute atomic E-state index is 12.6. The van der Waals surface area contributed by atoms with Crippen molar-refractivity contribution in [2.45, 2.75) is 23.7 Å². The minimum atomic E-state index is -0.737. The molecule has 0 aromatic heterocycles. The maximum atomic E-state index is 12.6. The largest absolute Gasteiger partial charge is 0.481 e. The van der Waals surface area contributed by atoms with Crippen LogP contribution in [0.4, 0.5) is 0 Å². The normalized spacial score (nSPS) is 22.6. The number of carboxylic acids is 1. The molecule has 1 saturated heterocycles. The molecule has 5 heteroatoms. The van der Waals surface area contributed by atoms with Crippen LogP contribution in [0.25, 0.3) is 0 Å². The zero-order valence-electron chi connectivity index (χ0n) is 11.1. The molecule has 0 aliphatic carbocycles. The number of piperidine rings is 1. The third-order valence-corrected chi connectivity index (χ3v) is 5.34. The van der Waals surface area contributed by atoms with Crippen LogP contribution in [-0.4, -0.2) is 40.7 Å². The summed E-state index contributed by atoms with van der Waals surface area (Å²) in [5, 5.41) is 9.00. The standard InChI is InChI=1S/C15H17NO3S/c17-14(16-7-5-10(6-8-16)15(18)19)12-9-20-13-4-2-1-3-11(12)13/h1-4,10,12H,5-9H2,(H,18,19)/t12-/m1/s1. The molecule has 1 aromatic carbocycles. The van der Waals surface area contributed by atoms with Gasteiger partial charge in [-0.15, -0.1) is 11.8 Å². The van der Waals surface area contributed by atoms with Gasteiger partial charge in [0.05, 0.1) is 11.8 Å². The molecule has 1 amide bonds. The fraction of sp³-hybridized carbons (Fsp3) is 0.467. The molecule has 0 saturated carbocycles. The maximum Gasteiger partial charge on any atom is 0.306 e. The Balaban J connectivity index is 1.68. The van der Waals surface area contributed by atoms with Crippen LogP contribution < -0.4 is 0 Å². The van der Waals surface area contributed by atoms with Gasteiger partial charge in [-0.1, -0.05) is 18.2 Å². The fourth-order valence-electron chi connectivity index (χ4n) is 2.93. The van der Waals surface area contributed by atoms with Crippen molar-refractivity contribution in [3.8, 4) is 0 Å². The number of carbonyl (C=O) groups excluding carboxylic acids is 1. The van der Waals surface area contributed by atoms with Crippen LogP contribution in [-0.2, 0) is 9.59 Å². The lowest BCUT2D eigenvalue weighted by Gasteiger charge is -2.32. The number of carboxylic acid groups (broad SMARTS) is 1. The topological polar surface area (TPSA) is 57.6 Å². The van der Waals surface area contributed by atoms with Crippen molar-refractivity contribution in [1.29, 1.82) is 0 Å². The van der Waals surface area contributed by atoms with Crippen molar-refractivity contribution in [3.63, 3.8) is 0 Å². The van der Waals surface area contributed by atoms with E-state index in [0.717, 1.165) is 11.3 Å². The Kier molecular flexibility index (Phi) is 3.70. The summed E-state index contributed by atoms with van der Waals surface area (Å²) in [6.07, 6.45) is 1.14. The van der Waals surface area contributed by atoms with Gasteiger partial charge in [0.25, 0.3) is 0 Å². The summed E-state index contributed by atoms with van der Waals surface area (Å²) in [6.45, 7) is 1.14. The Morgan fingerprint density at radius 1 is 1.20 bits per heavy atom. The average molecular weight is 291 g/mol. The second-order valence-electron chi connectivity index (χ2n) is 5.34. The third-order valence-electron chi connectivity index (χ3n) is 4.15. The first-order valence-corrected chi connectivity index (χ1v) is 7.88. The Bertz CT molecular complexity index is 538. The lowest BCUT2D eigenvalue weighted by Crippen LogP contribution is -2.42. The number of benzene rings is 1. The number of carbonyl (C=O) groups is 2. The van der Waals surface area contributed by atoms with E-state index in [1.807, 2.05) is 23.1 Å². The van der Waals surface area contributed by atoms with Gasteiger partial charge in [0.1, 0.15) is 0 Å². The predicted molar refractivity (Wildman–Crippen MR) is 76.8 cm³/mol. The van der Waals surface area contributed by atoms with Crippen LogP contribution >= 0.6 is 11.8 Å². The van der Waals surface area contributed by atoms with E-state index in [1.54, 1.807) is 11.8 Å². The number of aliphatic carboxylic acids is 1. The van der Waals surface area contributed by atoms with E-state index in [1.165, 1.54) is 4.90 Å². The molecule has 1 aromatic rings. The number of nitrogens with zero attached hydrogens (tertiary/aromatic N) is 1. The van der Waals surface area contributed by atoms with Gasteiger partial charge < -0.3 is 10.0 Å². The number of likely N-dealkylation sites (tertiary alicyclic amines) is 1. The van der Waals surface area contributed by atoms with E-state index in [0.29, 0.717) is 25.9 Å². The highest BCUT2D eigenvalue weighted by Gasteiger charge is 2.34. The predicted octanol–water partition coefficient (Wildman–Crippen LogP) is 2.20. The van der Waals surface area contributed by atoms with E-state index < -0.39 is 5.97 Å². The van der Waals surface area contributed by atoms with Gasteiger partial charge in [-0.05, 0) is 24.5 Å². The van der Waals surface area contributed by atoms with Gasteiger partial charge >= 0.3 is 5.97 Å². The van der Waals surface area contributed by atoms with Gasteiger partial charge in [-0.25, -0.2) is 0 Å². The Morgan fingerprint density at radius 3 is 2.60 bits per heavy atom. The number of hydrogen-bond acceptors (Lipinski definition) is 3.